The lowest BCUT2D eigenvalue weighted by molar-refractivity contribution is -0.0234. The van der Waals surface area contributed by atoms with Crippen molar-refractivity contribution in [2.75, 3.05) is 46.6 Å². The molecule has 3 rings (SSSR count). The first-order valence-corrected chi connectivity index (χ1v) is 11.9. The fourth-order valence-electron chi connectivity index (χ4n) is 4.49. The number of rotatable bonds is 8. The molecule has 0 spiro atoms. The van der Waals surface area contributed by atoms with Crippen LogP contribution in [0.3, 0.4) is 0 Å². The molecule has 1 aliphatic carbocycles. The molecule has 1 aromatic rings. The maximum atomic E-state index is 11.9. The average Bonchev–Trinajstić information content (AvgIpc) is 3.04. The Morgan fingerprint density at radius 3 is 2.52 bits per heavy atom. The lowest BCUT2D eigenvalue weighted by Crippen LogP contribution is -2.42. The van der Waals surface area contributed by atoms with E-state index in [-0.39, 0.29) is 11.9 Å². The van der Waals surface area contributed by atoms with Gasteiger partial charge < -0.3 is 19.5 Å². The van der Waals surface area contributed by atoms with Crippen LogP contribution in [0.25, 0.3) is 0 Å². The van der Waals surface area contributed by atoms with Gasteiger partial charge in [-0.3, -0.25) is 0 Å². The number of aliphatic hydroxyl groups excluding tert-OH is 1. The molecule has 4 atom stereocenters. The molecule has 0 unspecified atom stereocenters. The van der Waals surface area contributed by atoms with Crippen molar-refractivity contribution in [3.63, 3.8) is 0 Å². The number of fused-ring (bicyclic) bond motifs is 1. The standard InChI is InChI=1S/C21H34N2O5S/c1-15-10-18(27-4)6-7-20(15)28-21-12-17-14-23(13-16(17)11-19(21)24)8-5-9-29(25,26)22(2)3/h6-7,10,16-17,19,21,24H,5,8-9,11-14H2,1-4H3/t16-,17+,19+,21+/m0/s1. The number of likely N-dealkylation sites (tertiary alicyclic amines) is 1. The Hall–Kier alpha value is -1.35. The van der Waals surface area contributed by atoms with Gasteiger partial charge in [0.15, 0.2) is 0 Å². The van der Waals surface area contributed by atoms with Crippen molar-refractivity contribution in [1.29, 1.82) is 0 Å². The predicted molar refractivity (Wildman–Crippen MR) is 113 cm³/mol. The van der Waals surface area contributed by atoms with Crippen molar-refractivity contribution >= 4 is 10.0 Å². The first-order valence-electron chi connectivity index (χ1n) is 10.3. The molecule has 0 radical (unpaired) electrons. The highest BCUT2D eigenvalue weighted by molar-refractivity contribution is 7.89. The van der Waals surface area contributed by atoms with Crippen molar-refractivity contribution in [3.8, 4) is 11.5 Å². The zero-order chi connectivity index (χ0) is 21.2. The molecular weight excluding hydrogens is 392 g/mol. The smallest absolute Gasteiger partial charge is 0.213 e. The van der Waals surface area contributed by atoms with Gasteiger partial charge in [-0.2, -0.15) is 0 Å². The summed E-state index contributed by atoms with van der Waals surface area (Å²) in [6, 6.07) is 5.71. The third-order valence-electron chi connectivity index (χ3n) is 6.25. The molecule has 164 valence electrons. The van der Waals surface area contributed by atoms with Gasteiger partial charge in [-0.15, -0.1) is 0 Å². The average molecular weight is 427 g/mol. The molecule has 1 aromatic carbocycles. The SMILES string of the molecule is COc1ccc(O[C@@H]2C[C@@H]3CN(CCCS(=O)(=O)N(C)C)C[C@@H]3C[C@H]2O)c(C)c1. The van der Waals surface area contributed by atoms with E-state index in [9.17, 15) is 13.5 Å². The van der Waals surface area contributed by atoms with Gasteiger partial charge in [0.05, 0.1) is 19.0 Å². The van der Waals surface area contributed by atoms with Gasteiger partial charge >= 0.3 is 0 Å². The largest absolute Gasteiger partial charge is 0.497 e. The normalized spacial score (nSPS) is 27.8. The highest BCUT2D eigenvalue weighted by atomic mass is 32.2. The molecule has 2 aliphatic rings. The van der Waals surface area contributed by atoms with E-state index in [1.54, 1.807) is 21.2 Å². The van der Waals surface area contributed by atoms with Crippen LogP contribution in [0.15, 0.2) is 18.2 Å². The highest BCUT2D eigenvalue weighted by Gasteiger charge is 2.42. The molecule has 0 aromatic heterocycles. The van der Waals surface area contributed by atoms with E-state index >= 15 is 0 Å². The Balaban J connectivity index is 1.53. The molecule has 8 heteroatoms. The summed E-state index contributed by atoms with van der Waals surface area (Å²) in [5.41, 5.74) is 0.994. The van der Waals surface area contributed by atoms with Crippen LogP contribution in [0, 0.1) is 18.8 Å². The maximum absolute atomic E-state index is 11.9. The van der Waals surface area contributed by atoms with Crippen molar-refractivity contribution < 1.29 is 23.0 Å². The quantitative estimate of drug-likeness (QED) is 0.682. The number of sulfonamides is 1. The summed E-state index contributed by atoms with van der Waals surface area (Å²) in [7, 11) is 1.65. The van der Waals surface area contributed by atoms with E-state index in [0.29, 0.717) is 18.3 Å². The summed E-state index contributed by atoms with van der Waals surface area (Å²) >= 11 is 0. The van der Waals surface area contributed by atoms with Gasteiger partial charge in [0.1, 0.15) is 17.6 Å². The molecule has 1 aliphatic heterocycles. The highest BCUT2D eigenvalue weighted by Crippen LogP contribution is 2.38. The van der Waals surface area contributed by atoms with Gasteiger partial charge in [-0.25, -0.2) is 12.7 Å². The predicted octanol–water partition coefficient (Wildman–Crippen LogP) is 1.74. The molecule has 2 fully saturated rings. The summed E-state index contributed by atoms with van der Waals surface area (Å²) in [6.45, 7) is 4.63. The minimum atomic E-state index is -3.14. The Morgan fingerprint density at radius 1 is 1.21 bits per heavy atom. The van der Waals surface area contributed by atoms with Crippen molar-refractivity contribution in [3.05, 3.63) is 23.8 Å². The van der Waals surface area contributed by atoms with E-state index in [1.807, 2.05) is 25.1 Å². The van der Waals surface area contributed by atoms with Gasteiger partial charge in [-0.05, 0) is 68.3 Å². The number of methoxy groups -OCH3 is 1. The molecule has 29 heavy (non-hydrogen) atoms. The lowest BCUT2D eigenvalue weighted by Gasteiger charge is -2.35. The van der Waals surface area contributed by atoms with Crippen LogP contribution in [0.4, 0.5) is 0 Å². The Labute approximate surface area is 174 Å². The van der Waals surface area contributed by atoms with E-state index < -0.39 is 16.1 Å². The number of hydrogen-bond acceptors (Lipinski definition) is 6. The molecule has 1 heterocycles. The third-order valence-corrected chi connectivity index (χ3v) is 8.17. The topological polar surface area (TPSA) is 79.3 Å². The number of aryl methyl sites for hydroxylation is 1. The Bertz CT molecular complexity index is 798. The molecule has 1 saturated carbocycles. The van der Waals surface area contributed by atoms with Crippen LogP contribution in [-0.2, 0) is 10.0 Å². The van der Waals surface area contributed by atoms with Crippen LogP contribution < -0.4 is 9.47 Å². The number of ether oxygens (including phenoxy) is 2. The first-order chi connectivity index (χ1) is 13.7. The van der Waals surface area contributed by atoms with E-state index in [1.165, 1.54) is 4.31 Å². The van der Waals surface area contributed by atoms with Crippen molar-refractivity contribution in [1.82, 2.24) is 9.21 Å². The van der Waals surface area contributed by atoms with Crippen molar-refractivity contribution in [2.24, 2.45) is 11.8 Å². The number of aliphatic hydroxyl groups is 1. The molecule has 1 saturated heterocycles. The lowest BCUT2D eigenvalue weighted by atomic mass is 9.78. The van der Waals surface area contributed by atoms with Crippen LogP contribution >= 0.6 is 0 Å². The number of nitrogens with zero attached hydrogens (tertiary/aromatic N) is 2. The molecule has 0 bridgehead atoms. The fourth-order valence-corrected chi connectivity index (χ4v) is 5.35. The number of benzene rings is 1. The second kappa shape index (κ2) is 9.20. The van der Waals surface area contributed by atoms with Gasteiger partial charge in [0, 0.05) is 27.2 Å². The van der Waals surface area contributed by atoms with Gasteiger partial charge in [-0.1, -0.05) is 0 Å². The second-order valence-corrected chi connectivity index (χ2v) is 10.9. The maximum Gasteiger partial charge on any atom is 0.213 e. The summed E-state index contributed by atoms with van der Waals surface area (Å²) < 4.78 is 36.6. The van der Waals surface area contributed by atoms with Crippen molar-refractivity contribution in [2.45, 2.75) is 38.4 Å². The molecule has 0 amide bonds. The minimum Gasteiger partial charge on any atom is -0.497 e. The summed E-state index contributed by atoms with van der Waals surface area (Å²) in [5.74, 6) is 2.69. The fraction of sp³-hybridized carbons (Fsp3) is 0.714. The van der Waals surface area contributed by atoms with E-state index in [0.717, 1.165) is 49.5 Å². The zero-order valence-electron chi connectivity index (χ0n) is 17.9. The molecule has 7 nitrogen and oxygen atoms in total. The first kappa shape index (κ1) is 22.3. The van der Waals surface area contributed by atoms with Crippen LogP contribution in [-0.4, -0.2) is 81.5 Å². The van der Waals surface area contributed by atoms with E-state index in [2.05, 4.69) is 4.90 Å². The van der Waals surface area contributed by atoms with Gasteiger partial charge in [0.2, 0.25) is 10.0 Å². The van der Waals surface area contributed by atoms with Crippen LogP contribution in [0.1, 0.15) is 24.8 Å². The Morgan fingerprint density at radius 2 is 1.90 bits per heavy atom. The summed E-state index contributed by atoms with van der Waals surface area (Å²) in [6.07, 6.45) is 1.50. The van der Waals surface area contributed by atoms with Crippen LogP contribution in [0.2, 0.25) is 0 Å². The monoisotopic (exact) mass is 426 g/mol. The summed E-state index contributed by atoms with van der Waals surface area (Å²) in [4.78, 5) is 2.34. The molecular formula is C21H34N2O5S. The second-order valence-electron chi connectivity index (χ2n) is 8.56. The molecule has 1 N–H and O–H groups in total. The van der Waals surface area contributed by atoms with E-state index in [4.69, 9.17) is 9.47 Å². The minimum absolute atomic E-state index is 0.178. The zero-order valence-corrected chi connectivity index (χ0v) is 18.7. The summed E-state index contributed by atoms with van der Waals surface area (Å²) in [5, 5.41) is 10.6. The van der Waals surface area contributed by atoms with Gasteiger partial charge in [0.25, 0.3) is 0 Å². The Kier molecular flexibility index (Phi) is 7.09. The third kappa shape index (κ3) is 5.42. The van der Waals surface area contributed by atoms with Crippen LogP contribution in [0.5, 0.6) is 11.5 Å². The number of hydrogen-bond donors (Lipinski definition) is 1.